The molecule has 2 N–H and O–H groups in total. The third kappa shape index (κ3) is 3.28. The molecule has 5 heteroatoms. The first-order chi connectivity index (χ1) is 12.2. The lowest BCUT2D eigenvalue weighted by atomic mass is 9.92. The number of halogens is 1. The summed E-state index contributed by atoms with van der Waals surface area (Å²) in [5.41, 5.74) is 4.60. The molecular weight excluding hydrogens is 334 g/mol. The van der Waals surface area contributed by atoms with Gasteiger partial charge in [-0.2, -0.15) is 5.10 Å². The van der Waals surface area contributed by atoms with Crippen LogP contribution in [0.3, 0.4) is 0 Å². The van der Waals surface area contributed by atoms with Gasteiger partial charge in [0.1, 0.15) is 11.3 Å². The predicted molar refractivity (Wildman–Crippen MR) is 102 cm³/mol. The van der Waals surface area contributed by atoms with Crippen molar-refractivity contribution in [1.82, 2.24) is 15.5 Å². The highest BCUT2D eigenvalue weighted by Gasteiger charge is 2.19. The van der Waals surface area contributed by atoms with Crippen LogP contribution < -0.4 is 10.1 Å². The van der Waals surface area contributed by atoms with E-state index in [9.17, 15) is 0 Å². The second kappa shape index (κ2) is 6.90. The Kier molecular flexibility index (Phi) is 4.47. The van der Waals surface area contributed by atoms with E-state index in [4.69, 9.17) is 16.3 Å². The Balaban J connectivity index is 1.52. The highest BCUT2D eigenvalue weighted by molar-refractivity contribution is 6.35. The van der Waals surface area contributed by atoms with Gasteiger partial charge in [0.2, 0.25) is 0 Å². The summed E-state index contributed by atoms with van der Waals surface area (Å²) in [5, 5.41) is 12.9. The van der Waals surface area contributed by atoms with Crippen LogP contribution in [0.1, 0.15) is 17.7 Å². The third-order valence-corrected chi connectivity index (χ3v) is 5.05. The molecule has 0 aliphatic carbocycles. The lowest BCUT2D eigenvalue weighted by Gasteiger charge is -2.24. The number of para-hydroxylation sites is 1. The van der Waals surface area contributed by atoms with Crippen molar-refractivity contribution >= 4 is 28.1 Å². The number of methoxy groups -OCH3 is 1. The monoisotopic (exact) mass is 353 g/mol. The van der Waals surface area contributed by atoms with E-state index in [1.807, 2.05) is 24.3 Å². The lowest BCUT2D eigenvalue weighted by molar-refractivity contribution is 0.414. The number of rotatable bonds is 4. The van der Waals surface area contributed by atoms with Crippen LogP contribution >= 0.6 is 11.6 Å². The van der Waals surface area contributed by atoms with Gasteiger partial charge in [-0.1, -0.05) is 41.9 Å². The van der Waals surface area contributed by atoms with E-state index in [2.05, 4.69) is 39.8 Å². The van der Waals surface area contributed by atoms with Gasteiger partial charge < -0.3 is 10.1 Å². The van der Waals surface area contributed by atoms with Crippen molar-refractivity contribution in [3.05, 3.63) is 64.8 Å². The zero-order valence-electron chi connectivity index (χ0n) is 14.1. The molecule has 2 aromatic carbocycles. The minimum absolute atomic E-state index is 0.365. The number of hydrogen-bond donors (Lipinski definition) is 2. The SMILES string of the molecule is COc1ccc(C2=CCNC(Cc3[nH]nc4c(Cl)cccc34)C2)cc1. The average Bonchev–Trinajstić information content (AvgIpc) is 3.06. The van der Waals surface area contributed by atoms with Gasteiger partial charge in [-0.15, -0.1) is 0 Å². The van der Waals surface area contributed by atoms with Gasteiger partial charge in [-0.3, -0.25) is 5.10 Å². The minimum atomic E-state index is 0.365. The number of fused-ring (bicyclic) bond motifs is 1. The van der Waals surface area contributed by atoms with Gasteiger partial charge in [0.15, 0.2) is 0 Å². The molecule has 0 fully saturated rings. The van der Waals surface area contributed by atoms with Crippen LogP contribution in [-0.4, -0.2) is 29.9 Å². The van der Waals surface area contributed by atoms with Crippen LogP contribution in [0.15, 0.2) is 48.5 Å². The quantitative estimate of drug-likeness (QED) is 0.738. The topological polar surface area (TPSA) is 49.9 Å². The molecule has 0 amide bonds. The van der Waals surface area contributed by atoms with Crippen molar-refractivity contribution in [2.75, 3.05) is 13.7 Å². The Morgan fingerprint density at radius 1 is 1.20 bits per heavy atom. The molecular formula is C20H20ClN3O. The Hall–Kier alpha value is -2.30. The number of aromatic nitrogens is 2. The fourth-order valence-corrected chi connectivity index (χ4v) is 3.63. The van der Waals surface area contributed by atoms with Gasteiger partial charge in [0, 0.05) is 30.1 Å². The molecule has 0 saturated heterocycles. The van der Waals surface area contributed by atoms with Crippen LogP contribution in [0, 0.1) is 0 Å². The van der Waals surface area contributed by atoms with Gasteiger partial charge >= 0.3 is 0 Å². The van der Waals surface area contributed by atoms with E-state index >= 15 is 0 Å². The number of nitrogens with one attached hydrogen (secondary N) is 2. The molecule has 1 unspecified atom stereocenters. The van der Waals surface area contributed by atoms with Crippen molar-refractivity contribution < 1.29 is 4.74 Å². The van der Waals surface area contributed by atoms with Gasteiger partial charge in [-0.25, -0.2) is 0 Å². The van der Waals surface area contributed by atoms with Crippen molar-refractivity contribution in [2.45, 2.75) is 18.9 Å². The maximum absolute atomic E-state index is 6.22. The average molecular weight is 354 g/mol. The Bertz CT molecular complexity index is 914. The Morgan fingerprint density at radius 2 is 2.04 bits per heavy atom. The number of aromatic amines is 1. The molecule has 1 aromatic heterocycles. The summed E-state index contributed by atoms with van der Waals surface area (Å²) in [6.45, 7) is 0.874. The van der Waals surface area contributed by atoms with E-state index in [1.54, 1.807) is 7.11 Å². The third-order valence-electron chi connectivity index (χ3n) is 4.75. The molecule has 0 bridgehead atoms. The fraction of sp³-hybridized carbons (Fsp3) is 0.250. The molecule has 4 rings (SSSR count). The first kappa shape index (κ1) is 16.2. The largest absolute Gasteiger partial charge is 0.497 e. The first-order valence-electron chi connectivity index (χ1n) is 8.43. The lowest BCUT2D eigenvalue weighted by Crippen LogP contribution is -2.34. The van der Waals surface area contributed by atoms with Crippen molar-refractivity contribution in [1.29, 1.82) is 0 Å². The second-order valence-electron chi connectivity index (χ2n) is 6.31. The molecule has 1 atom stereocenters. The molecule has 2 heterocycles. The van der Waals surface area contributed by atoms with E-state index in [0.717, 1.165) is 41.7 Å². The summed E-state index contributed by atoms with van der Waals surface area (Å²) in [5.74, 6) is 0.885. The zero-order chi connectivity index (χ0) is 17.2. The van der Waals surface area contributed by atoms with Crippen LogP contribution in [0.2, 0.25) is 5.02 Å². The van der Waals surface area contributed by atoms with Crippen molar-refractivity contribution in [3.8, 4) is 5.75 Å². The van der Waals surface area contributed by atoms with Crippen molar-refractivity contribution in [2.24, 2.45) is 0 Å². The number of nitrogens with zero attached hydrogens (tertiary/aromatic N) is 1. The summed E-state index contributed by atoms with van der Waals surface area (Å²) in [7, 11) is 1.69. The van der Waals surface area contributed by atoms with E-state index < -0.39 is 0 Å². The molecule has 0 spiro atoms. The highest BCUT2D eigenvalue weighted by atomic mass is 35.5. The van der Waals surface area contributed by atoms with Gasteiger partial charge in [0.05, 0.1) is 12.1 Å². The molecule has 0 saturated carbocycles. The summed E-state index contributed by atoms with van der Waals surface area (Å²) >= 11 is 6.22. The van der Waals surface area contributed by atoms with E-state index in [0.29, 0.717) is 11.1 Å². The summed E-state index contributed by atoms with van der Waals surface area (Å²) in [6.07, 6.45) is 4.14. The Morgan fingerprint density at radius 3 is 2.84 bits per heavy atom. The second-order valence-corrected chi connectivity index (χ2v) is 6.72. The van der Waals surface area contributed by atoms with Crippen LogP contribution in [0.5, 0.6) is 5.75 Å². The maximum Gasteiger partial charge on any atom is 0.118 e. The van der Waals surface area contributed by atoms with E-state index in [-0.39, 0.29) is 0 Å². The van der Waals surface area contributed by atoms with Crippen LogP contribution in [0.25, 0.3) is 16.5 Å². The normalized spacial score (nSPS) is 17.5. The number of ether oxygens (including phenoxy) is 1. The molecule has 25 heavy (non-hydrogen) atoms. The summed E-state index contributed by atoms with van der Waals surface area (Å²) in [4.78, 5) is 0. The first-order valence-corrected chi connectivity index (χ1v) is 8.80. The van der Waals surface area contributed by atoms with Gasteiger partial charge in [-0.05, 0) is 35.8 Å². The summed E-state index contributed by atoms with van der Waals surface area (Å²) in [6, 6.07) is 14.6. The number of benzene rings is 2. The molecule has 1 aliphatic rings. The zero-order valence-corrected chi connectivity index (χ0v) is 14.8. The minimum Gasteiger partial charge on any atom is -0.497 e. The predicted octanol–water partition coefficient (Wildman–Crippen LogP) is 4.21. The molecule has 4 nitrogen and oxygen atoms in total. The highest BCUT2D eigenvalue weighted by Crippen LogP contribution is 2.28. The Labute approximate surface area is 151 Å². The van der Waals surface area contributed by atoms with Crippen LogP contribution in [-0.2, 0) is 6.42 Å². The molecule has 3 aromatic rings. The molecule has 1 aliphatic heterocycles. The molecule has 128 valence electrons. The van der Waals surface area contributed by atoms with Gasteiger partial charge in [0.25, 0.3) is 0 Å². The smallest absolute Gasteiger partial charge is 0.118 e. The van der Waals surface area contributed by atoms with Crippen LogP contribution in [0.4, 0.5) is 0 Å². The standard InChI is InChI=1S/C20H20ClN3O/c1-25-16-7-5-13(6-8-16)14-9-10-22-15(11-14)12-19-17-3-2-4-18(21)20(17)24-23-19/h2-9,15,22H,10-12H2,1H3,(H,23,24). The number of hydrogen-bond acceptors (Lipinski definition) is 3. The van der Waals surface area contributed by atoms with Crippen molar-refractivity contribution in [3.63, 3.8) is 0 Å². The van der Waals surface area contributed by atoms with E-state index in [1.165, 1.54) is 11.1 Å². The fourth-order valence-electron chi connectivity index (χ4n) is 3.41. The maximum atomic E-state index is 6.22. The summed E-state index contributed by atoms with van der Waals surface area (Å²) < 4.78 is 5.24. The molecule has 0 radical (unpaired) electrons. The number of H-pyrrole nitrogens is 1.